The molecule has 1 heterocycles. The number of rotatable bonds is 5. The highest BCUT2D eigenvalue weighted by Gasteiger charge is 2.23. The fourth-order valence-electron chi connectivity index (χ4n) is 3.03. The van der Waals surface area contributed by atoms with Gasteiger partial charge in [-0.2, -0.15) is 0 Å². The van der Waals surface area contributed by atoms with Gasteiger partial charge in [-0.15, -0.1) is 0 Å². The molecule has 1 saturated heterocycles. The third-order valence-electron chi connectivity index (χ3n) is 4.49. The van der Waals surface area contributed by atoms with Gasteiger partial charge >= 0.3 is 0 Å². The molecule has 0 saturated carbocycles. The number of halogens is 1. The highest BCUT2D eigenvalue weighted by Crippen LogP contribution is 2.20. The van der Waals surface area contributed by atoms with E-state index in [0.717, 1.165) is 11.4 Å². The SMILES string of the molecule is COc1ccc(N2CCN(C(=O)CC(=O)Nc3cccc(F)c3)CC2)cc1. The van der Waals surface area contributed by atoms with E-state index in [4.69, 9.17) is 4.74 Å². The smallest absolute Gasteiger partial charge is 0.233 e. The number of amides is 2. The maximum atomic E-state index is 13.2. The summed E-state index contributed by atoms with van der Waals surface area (Å²) in [6.07, 6.45) is -0.251. The van der Waals surface area contributed by atoms with Crippen molar-refractivity contribution in [2.24, 2.45) is 0 Å². The molecule has 0 atom stereocenters. The molecule has 1 aliphatic heterocycles. The fourth-order valence-corrected chi connectivity index (χ4v) is 3.03. The number of nitrogens with zero attached hydrogens (tertiary/aromatic N) is 2. The summed E-state index contributed by atoms with van der Waals surface area (Å²) >= 11 is 0. The Morgan fingerprint density at radius 3 is 2.41 bits per heavy atom. The molecule has 0 radical (unpaired) electrons. The molecule has 0 spiro atoms. The molecule has 2 aromatic rings. The van der Waals surface area contributed by atoms with Gasteiger partial charge in [0.1, 0.15) is 18.0 Å². The third-order valence-corrected chi connectivity index (χ3v) is 4.49. The average Bonchev–Trinajstić information content (AvgIpc) is 2.68. The van der Waals surface area contributed by atoms with Crippen LogP contribution in [0.1, 0.15) is 6.42 Å². The van der Waals surface area contributed by atoms with Crippen molar-refractivity contribution in [2.45, 2.75) is 6.42 Å². The molecule has 2 amide bonds. The summed E-state index contributed by atoms with van der Waals surface area (Å²) in [6.45, 7) is 2.50. The van der Waals surface area contributed by atoms with Gasteiger partial charge in [-0.3, -0.25) is 9.59 Å². The monoisotopic (exact) mass is 371 g/mol. The van der Waals surface area contributed by atoms with Gasteiger partial charge in [-0.05, 0) is 42.5 Å². The highest BCUT2D eigenvalue weighted by molar-refractivity contribution is 6.03. The van der Waals surface area contributed by atoms with Gasteiger partial charge < -0.3 is 19.9 Å². The summed E-state index contributed by atoms with van der Waals surface area (Å²) in [5.74, 6) is -0.299. The highest BCUT2D eigenvalue weighted by atomic mass is 19.1. The van der Waals surface area contributed by atoms with Crippen LogP contribution in [0.5, 0.6) is 5.75 Å². The fraction of sp³-hybridized carbons (Fsp3) is 0.300. The van der Waals surface area contributed by atoms with Gasteiger partial charge in [-0.1, -0.05) is 6.07 Å². The number of carbonyl (C=O) groups excluding carboxylic acids is 2. The Morgan fingerprint density at radius 1 is 1.07 bits per heavy atom. The third kappa shape index (κ3) is 4.97. The first kappa shape index (κ1) is 18.7. The lowest BCUT2D eigenvalue weighted by Crippen LogP contribution is -2.49. The molecule has 1 N–H and O–H groups in total. The number of hydrogen-bond donors (Lipinski definition) is 1. The van der Waals surface area contributed by atoms with Crippen LogP contribution in [-0.2, 0) is 9.59 Å². The van der Waals surface area contributed by atoms with Crippen molar-refractivity contribution in [3.05, 3.63) is 54.3 Å². The number of piperazine rings is 1. The van der Waals surface area contributed by atoms with Gasteiger partial charge in [0.05, 0.1) is 7.11 Å². The minimum Gasteiger partial charge on any atom is -0.497 e. The van der Waals surface area contributed by atoms with Crippen molar-refractivity contribution in [1.82, 2.24) is 4.90 Å². The van der Waals surface area contributed by atoms with Crippen LogP contribution in [0.3, 0.4) is 0 Å². The summed E-state index contributed by atoms with van der Waals surface area (Å²) in [4.78, 5) is 28.2. The lowest BCUT2D eigenvalue weighted by molar-refractivity contribution is -0.134. The molecule has 7 heteroatoms. The van der Waals surface area contributed by atoms with Crippen molar-refractivity contribution >= 4 is 23.2 Å². The molecule has 142 valence electrons. The molecule has 1 fully saturated rings. The van der Waals surface area contributed by atoms with Crippen LogP contribution >= 0.6 is 0 Å². The summed E-state index contributed by atoms with van der Waals surface area (Å²) in [5.41, 5.74) is 1.42. The standard InChI is InChI=1S/C20H22FN3O3/c1-27-18-7-5-17(6-8-18)23-9-11-24(12-10-23)20(26)14-19(25)22-16-4-2-3-15(21)13-16/h2-8,13H,9-12,14H2,1H3,(H,22,25). The van der Waals surface area contributed by atoms with Crippen LogP contribution in [0.25, 0.3) is 0 Å². The molecule has 3 rings (SSSR count). The zero-order valence-corrected chi connectivity index (χ0v) is 15.2. The first-order valence-electron chi connectivity index (χ1n) is 8.77. The van der Waals surface area contributed by atoms with Crippen LogP contribution < -0.4 is 15.0 Å². The van der Waals surface area contributed by atoms with Crippen molar-refractivity contribution in [3.63, 3.8) is 0 Å². The number of methoxy groups -OCH3 is 1. The molecular weight excluding hydrogens is 349 g/mol. The predicted molar refractivity (Wildman–Crippen MR) is 101 cm³/mol. The Hall–Kier alpha value is -3.09. The van der Waals surface area contributed by atoms with E-state index >= 15 is 0 Å². The van der Waals surface area contributed by atoms with E-state index in [9.17, 15) is 14.0 Å². The first-order valence-corrected chi connectivity index (χ1v) is 8.77. The molecule has 0 bridgehead atoms. The van der Waals surface area contributed by atoms with Crippen LogP contribution in [0.2, 0.25) is 0 Å². The van der Waals surface area contributed by atoms with Gasteiger partial charge in [0.15, 0.2) is 0 Å². The van der Waals surface area contributed by atoms with Crippen LogP contribution in [0.4, 0.5) is 15.8 Å². The maximum absolute atomic E-state index is 13.2. The van der Waals surface area contributed by atoms with Gasteiger partial charge in [0.25, 0.3) is 0 Å². The minimum atomic E-state index is -0.441. The Morgan fingerprint density at radius 2 is 1.78 bits per heavy atom. The van der Waals surface area contributed by atoms with E-state index in [1.807, 2.05) is 24.3 Å². The summed E-state index contributed by atoms with van der Waals surface area (Å²) in [5, 5.41) is 2.55. The van der Waals surface area contributed by atoms with Crippen LogP contribution in [-0.4, -0.2) is 50.0 Å². The lowest BCUT2D eigenvalue weighted by atomic mass is 10.2. The second kappa shape index (κ2) is 8.53. The van der Waals surface area contributed by atoms with Crippen molar-refractivity contribution in [2.75, 3.05) is 43.5 Å². The number of anilines is 2. The Labute approximate surface area is 157 Å². The van der Waals surface area contributed by atoms with Crippen LogP contribution in [0.15, 0.2) is 48.5 Å². The number of hydrogen-bond acceptors (Lipinski definition) is 4. The predicted octanol–water partition coefficient (Wildman–Crippen LogP) is 2.51. The van der Waals surface area contributed by atoms with Crippen molar-refractivity contribution < 1.29 is 18.7 Å². The van der Waals surface area contributed by atoms with E-state index in [1.54, 1.807) is 18.1 Å². The van der Waals surface area contributed by atoms with Crippen LogP contribution in [0, 0.1) is 5.82 Å². The number of ether oxygens (including phenoxy) is 1. The Bertz CT molecular complexity index is 802. The van der Waals surface area contributed by atoms with Gasteiger partial charge in [0, 0.05) is 37.6 Å². The van der Waals surface area contributed by atoms with E-state index < -0.39 is 11.7 Å². The van der Waals surface area contributed by atoms with Crippen molar-refractivity contribution in [1.29, 1.82) is 0 Å². The van der Waals surface area contributed by atoms with Gasteiger partial charge in [0.2, 0.25) is 11.8 Å². The second-order valence-corrected chi connectivity index (χ2v) is 6.30. The lowest BCUT2D eigenvalue weighted by Gasteiger charge is -2.36. The molecule has 2 aromatic carbocycles. The molecular formula is C20H22FN3O3. The van der Waals surface area contributed by atoms with Crippen molar-refractivity contribution in [3.8, 4) is 5.75 Å². The molecule has 0 unspecified atom stereocenters. The number of nitrogens with one attached hydrogen (secondary N) is 1. The summed E-state index contributed by atoms with van der Waals surface area (Å²) in [7, 11) is 1.63. The average molecular weight is 371 g/mol. The van der Waals surface area contributed by atoms with E-state index in [2.05, 4.69) is 10.2 Å². The largest absolute Gasteiger partial charge is 0.497 e. The number of carbonyl (C=O) groups is 2. The molecule has 0 aromatic heterocycles. The zero-order valence-electron chi connectivity index (χ0n) is 15.2. The Kier molecular flexibility index (Phi) is 5.90. The second-order valence-electron chi connectivity index (χ2n) is 6.30. The van der Waals surface area contributed by atoms with E-state index in [0.29, 0.717) is 31.9 Å². The minimum absolute atomic E-state index is 0.224. The molecule has 0 aliphatic carbocycles. The van der Waals surface area contributed by atoms with Gasteiger partial charge in [-0.25, -0.2) is 4.39 Å². The maximum Gasteiger partial charge on any atom is 0.233 e. The first-order chi connectivity index (χ1) is 13.0. The number of benzene rings is 2. The normalized spacial score (nSPS) is 14.0. The molecule has 6 nitrogen and oxygen atoms in total. The summed E-state index contributed by atoms with van der Waals surface area (Å²) in [6, 6.07) is 13.4. The quantitative estimate of drug-likeness (QED) is 0.821. The van der Waals surface area contributed by atoms with E-state index in [-0.39, 0.29) is 12.3 Å². The Balaban J connectivity index is 1.48. The molecule has 1 aliphatic rings. The topological polar surface area (TPSA) is 61.9 Å². The summed E-state index contributed by atoms with van der Waals surface area (Å²) < 4.78 is 18.3. The molecule has 27 heavy (non-hydrogen) atoms. The zero-order chi connectivity index (χ0) is 19.2. The van der Waals surface area contributed by atoms with E-state index in [1.165, 1.54) is 18.2 Å².